The third-order valence-corrected chi connectivity index (χ3v) is 9.09. The van der Waals surface area contributed by atoms with Gasteiger partial charge in [-0.15, -0.1) is 12.8 Å². The Labute approximate surface area is 1580 Å². The molecule has 0 aromatic heterocycles. The van der Waals surface area contributed by atoms with Crippen LogP contribution in [0.1, 0.15) is 100 Å². The second kappa shape index (κ2) is 237. The maximum Gasteiger partial charge on any atom is 0.0733 e. The maximum atomic E-state index is 10.1. The molecule has 2 aliphatic rings. The Bertz CT molecular complexity index is 599. The smallest absolute Gasteiger partial charge is 0.0733 e. The first-order valence-electron chi connectivity index (χ1n) is 16.1. The van der Waals surface area contributed by atoms with Crippen molar-refractivity contribution in [3.8, 4) is 0 Å². The van der Waals surface area contributed by atoms with Gasteiger partial charge in [-0.3, -0.25) is 0 Å². The minimum Gasteiger partial charge on any atom is -0.343 e. The zero-order chi connectivity index (χ0) is 33.3. The molecule has 0 aromatic carbocycles. The molecule has 0 saturated carbocycles. The predicted molar refractivity (Wildman–Crippen MR) is 208 cm³/mol. The Morgan fingerprint density at radius 3 is 0.797 bits per heavy atom. The van der Waals surface area contributed by atoms with Gasteiger partial charge >= 0.3 is 0 Å². The van der Waals surface area contributed by atoms with Crippen molar-refractivity contribution in [1.82, 2.24) is 20.4 Å². The number of nitrogens with one attached hydrogen (secondary N) is 2. The number of halogens is 2. The Kier molecular flexibility index (Phi) is 815. The number of nitrogens with zero attached hydrogens (tertiary/aromatic N) is 2. The summed E-state index contributed by atoms with van der Waals surface area (Å²) in [6.45, 7) is 37.2. The van der Waals surface area contributed by atoms with Crippen LogP contribution in [0.3, 0.4) is 0 Å². The van der Waals surface area contributed by atoms with Crippen molar-refractivity contribution in [1.29, 1.82) is 0 Å². The second-order valence-electron chi connectivity index (χ2n) is 11.1. The van der Waals surface area contributed by atoms with E-state index in [9.17, 15) is 4.79 Å². The summed E-state index contributed by atoms with van der Waals surface area (Å²) >= 11 is 6.60. The summed E-state index contributed by atoms with van der Waals surface area (Å²) in [4.78, 5) is 14.7. The van der Waals surface area contributed by atoms with Gasteiger partial charge in [-0.2, -0.15) is 25.7 Å². The molecule has 0 spiro atoms. The van der Waals surface area contributed by atoms with Crippen molar-refractivity contribution in [2.24, 2.45) is 10.8 Å². The third-order valence-electron chi connectivity index (χ3n) is 7.94. The van der Waals surface area contributed by atoms with Crippen LogP contribution in [-0.2, 0) is 103 Å². The summed E-state index contributed by atoms with van der Waals surface area (Å²) < 4.78 is 0. The molecule has 0 amide bonds. The van der Waals surface area contributed by atoms with Crippen LogP contribution in [0.2, 0.25) is 0 Å². The van der Waals surface area contributed by atoms with Crippen molar-refractivity contribution in [3.63, 3.8) is 0 Å². The van der Waals surface area contributed by atoms with Gasteiger partial charge in [0.1, 0.15) is 0 Å². The van der Waals surface area contributed by atoms with E-state index >= 15 is 0 Å². The summed E-state index contributed by atoms with van der Waals surface area (Å²) in [5.74, 6) is 0.120. The van der Waals surface area contributed by atoms with Gasteiger partial charge in [0, 0.05) is 1360 Å². The third kappa shape index (κ3) is 223. The average Bonchev–Trinajstić information content (AvgIpc) is 3.06. The SMILES string of the molecule is C.CCCBr.CCN(C)CCBr.CCNC.[2HH].[Ar].[Ar].[Ar].[Ar].[Ar].[Ar].[Ar].[Ar].[Ar].[Ar].[Ar].[Ar].[Ar].[Ar].[Ar].[Ar].[Ar].[Ar].[Ar].[Ar].[Ar].[Ar].[Ar].[Ar].[Ar].[Ar].[Ar].[Ar].[Ar].[Ar].[Ar].[Ar].[Ar].[CH2-]CC(=O)C[CH2-].[CH2-]CC1(C[CH2-])CCN(C)CC1.[CH2-]CC1(C[CH2-])CCNCC1.[Y].[Y].[Y]. The number of carbonyl (C=O) groups is 1. The molecule has 2 saturated heterocycles. The van der Waals surface area contributed by atoms with Crippen molar-refractivity contribution < 1.29 is 1350 Å². The molecule has 0 aromatic rings. The minimum absolute atomic E-state index is 0. The summed E-state index contributed by atoms with van der Waals surface area (Å²) in [5, 5.41) is 8.50. The number of likely N-dealkylation sites (tertiary alicyclic amines) is 1. The van der Waals surface area contributed by atoms with E-state index in [1.54, 1.807) is 0 Å². The average molecular weight is 2330 g/mol. The van der Waals surface area contributed by atoms with E-state index in [0.29, 0.717) is 23.7 Å². The largest absolute Gasteiger partial charge is 0.343 e. The number of hydrogen-bond donors (Lipinski definition) is 2. The molecule has 43 heteroatoms. The predicted octanol–water partition coefficient (Wildman–Crippen LogP) is 9.18. The molecule has 2 fully saturated rings. The summed E-state index contributed by atoms with van der Waals surface area (Å²) in [6, 6.07) is 0. The first-order valence-corrected chi connectivity index (χ1v) is 18.4. The van der Waals surface area contributed by atoms with Gasteiger partial charge in [0.15, 0.2) is 0 Å². The fourth-order valence-corrected chi connectivity index (χ4v) is 4.33. The molecule has 5 nitrogen and oxygen atoms in total. The fraction of sp³-hybridized carbons (Fsp3) is 0.806. The van der Waals surface area contributed by atoms with E-state index in [2.05, 4.69) is 129 Å². The van der Waals surface area contributed by atoms with Gasteiger partial charge in [0.05, 0.1) is 5.78 Å². The van der Waals surface area contributed by atoms with Crippen LogP contribution in [0.15, 0.2) is 0 Å². The van der Waals surface area contributed by atoms with Crippen molar-refractivity contribution in [3.05, 3.63) is 41.5 Å². The zero-order valence-corrected chi connectivity index (χ0v) is 77.4. The Morgan fingerprint density at radius 1 is 0.494 bits per heavy atom. The van der Waals surface area contributed by atoms with Gasteiger partial charge in [-0.1, -0.05) is 70.9 Å². The molecule has 0 aliphatic carbocycles. The Hall–Kier alpha value is 45.4. The summed E-state index contributed by atoms with van der Waals surface area (Å²) in [5.41, 5.74) is 0.956. The molecule has 0 bridgehead atoms. The number of alkyl halides is 2. The number of Topliss-reactive ketones (excluding diaryl/α,β-unsaturated/α-hetero) is 1. The monoisotopic (exact) mass is 2330 g/mol. The molecule has 0 atom stereocenters. The van der Waals surface area contributed by atoms with Crippen LogP contribution in [0.5, 0.6) is 0 Å². The standard InChI is InChI=1S/C10H19N.C9H17N.C5H12BrN.C5H8O.C3H7Br.C3H9N.CH4.33Ar.3Y.H2/c1-4-10(5-2)6-8-11(3)9-7-10;1-3-9(4-2)5-7-10-8-6-9;1-3-7(2)5-4-6;1-3-5(6)4-2;1-2-3-4;1-3-4-2;;;;;;;;;;;;;;;;;;;;;;;;;;;;;;;;;;;;;;/h1-2,4-9H2,3H3;10H,1-8H2;3-5H2,1-2H3;1-4H2;2-3H2,1H3;4H,3H2,1-2H3;1H4;;;;;;;;;;;;;;;;;;;;;;;;;;;;;;;;;;;;;1H/q2*-2;;-2;;;;;;;;;;;;;;;;;;;;;;;;;;;;;;;;;;;;;;;;/i;;;;;;;;;;;;;;;;;;;;;;;;;;;;;;;;;;;;;;;;;;;1+1. The number of rotatable bonds is 11. The summed E-state index contributed by atoms with van der Waals surface area (Å²) in [6.07, 6.45) is 11.3. The van der Waals surface area contributed by atoms with Crippen molar-refractivity contribution in [2.45, 2.75) is 98.8 Å². The van der Waals surface area contributed by atoms with Crippen LogP contribution in [0.4, 0.5) is 0 Å². The normalized spacial score (nSPS) is 8.95. The van der Waals surface area contributed by atoms with Crippen molar-refractivity contribution >= 4 is 37.6 Å². The first kappa shape index (κ1) is 272. The second-order valence-corrected chi connectivity index (χ2v) is 12.7. The van der Waals surface area contributed by atoms with Crippen molar-refractivity contribution in [2.75, 3.05) is 77.6 Å². The van der Waals surface area contributed by atoms with Gasteiger partial charge < -0.3 is 66.8 Å². The van der Waals surface area contributed by atoms with Gasteiger partial charge in [-0.25, -0.2) is 0 Å². The number of ketones is 1. The first-order chi connectivity index (χ1) is 20.0. The molecule has 2 aliphatic heterocycles. The van der Waals surface area contributed by atoms with Gasteiger partial charge in [0.2, 0.25) is 0 Å². The van der Waals surface area contributed by atoms with E-state index in [1.807, 2.05) is 7.05 Å². The van der Waals surface area contributed by atoms with Crippen LogP contribution in [0.25, 0.3) is 0 Å². The van der Waals surface area contributed by atoms with E-state index in [-0.39, 0.29) is 1360 Å². The van der Waals surface area contributed by atoms with E-state index < -0.39 is 0 Å². The summed E-state index contributed by atoms with van der Waals surface area (Å²) in [7, 11) is 6.23. The maximum absolute atomic E-state index is 10.1. The molecule has 3 radical (unpaired) electrons. The number of carbonyl (C=O) groups excluding carboxylic acids is 1. The number of hydrogen-bond acceptors (Lipinski definition) is 5. The minimum atomic E-state index is 0. The molecule has 541 valence electrons. The van der Waals surface area contributed by atoms with Crippen LogP contribution in [0, 0.1) is 1300 Å². The quantitative estimate of drug-likeness (QED) is 0.160. The molecule has 0 unspecified atom stereocenters. The van der Waals surface area contributed by atoms with Crippen LogP contribution in [-0.4, -0.2) is 93.2 Å². The Morgan fingerprint density at radius 2 is 0.696 bits per heavy atom. The molecule has 79 heavy (non-hydrogen) atoms. The van der Waals surface area contributed by atoms with E-state index in [1.165, 1.54) is 45.2 Å². The van der Waals surface area contributed by atoms with Crippen LogP contribution >= 0.6 is 31.9 Å². The molecule has 2 N–H and O–H groups in total. The molecular weight excluding hydrogens is 2250 g/mol. The zero-order valence-electron chi connectivity index (χ0n) is 42.3. The van der Waals surface area contributed by atoms with Gasteiger partial charge in [-0.05, 0) is 92.5 Å². The topological polar surface area (TPSA) is 47.6 Å². The molecular formula is C36H78Ar33Br2N4OY3-6. The molecule has 2 rings (SSSR count). The molecule has 2 heterocycles. The van der Waals surface area contributed by atoms with Gasteiger partial charge in [0.25, 0.3) is 0 Å². The van der Waals surface area contributed by atoms with Crippen LogP contribution < -0.4 is 10.6 Å². The fourth-order valence-electron chi connectivity index (χ4n) is 3.73. The number of piperidine rings is 2. The Balaban J connectivity index is -0.00000000504. The van der Waals surface area contributed by atoms with E-state index in [4.69, 9.17) is 0 Å². The van der Waals surface area contributed by atoms with E-state index in [0.717, 1.165) is 69.1 Å².